The van der Waals surface area contributed by atoms with Crippen LogP contribution in [0.25, 0.3) is 0 Å². The van der Waals surface area contributed by atoms with Crippen LogP contribution in [0.5, 0.6) is 0 Å². The lowest BCUT2D eigenvalue weighted by molar-refractivity contribution is -0.125. The molecular weight excluding hydrogens is 268 g/mol. The van der Waals surface area contributed by atoms with E-state index in [9.17, 15) is 5.11 Å². The predicted molar refractivity (Wildman–Crippen MR) is 90.0 cm³/mol. The van der Waals surface area contributed by atoms with Gasteiger partial charge in [0.05, 0.1) is 0 Å². The molecule has 1 nitrogen and oxygen atoms in total. The lowest BCUT2D eigenvalue weighted by Crippen LogP contribution is -2.55. The average Bonchev–Trinajstić information content (AvgIpc) is 2.79. The maximum atomic E-state index is 11.0. The van der Waals surface area contributed by atoms with Gasteiger partial charge in [0.2, 0.25) is 0 Å². The van der Waals surface area contributed by atoms with Gasteiger partial charge in [-0.15, -0.1) is 6.42 Å². The highest BCUT2D eigenvalue weighted by atomic mass is 16.3. The van der Waals surface area contributed by atoms with Crippen LogP contribution in [0.4, 0.5) is 0 Å². The Morgan fingerprint density at radius 3 is 2.59 bits per heavy atom. The van der Waals surface area contributed by atoms with E-state index in [1.807, 2.05) is 0 Å². The molecule has 0 aromatic carbocycles. The first-order chi connectivity index (χ1) is 10.4. The highest BCUT2D eigenvalue weighted by Gasteiger charge is 2.63. The summed E-state index contributed by atoms with van der Waals surface area (Å²) in [4.78, 5) is 0. The zero-order chi connectivity index (χ0) is 15.6. The molecule has 0 heterocycles. The molecule has 1 N–H and O–H groups in total. The molecule has 120 valence electrons. The Hall–Kier alpha value is -0.740. The number of hydrogen-bond acceptors (Lipinski definition) is 1. The van der Waals surface area contributed by atoms with Crippen molar-refractivity contribution in [3.05, 3.63) is 12.2 Å². The summed E-state index contributed by atoms with van der Waals surface area (Å²) in [7, 11) is 0. The fourth-order valence-electron chi connectivity index (χ4n) is 7.09. The van der Waals surface area contributed by atoms with Gasteiger partial charge in [-0.25, -0.2) is 0 Å². The summed E-state index contributed by atoms with van der Waals surface area (Å²) in [6.07, 6.45) is 20.2. The molecule has 0 spiro atoms. The molecule has 22 heavy (non-hydrogen) atoms. The van der Waals surface area contributed by atoms with Crippen LogP contribution in [0, 0.1) is 46.8 Å². The van der Waals surface area contributed by atoms with Gasteiger partial charge >= 0.3 is 0 Å². The molecule has 1 heteroatoms. The van der Waals surface area contributed by atoms with Gasteiger partial charge in [-0.3, -0.25) is 0 Å². The van der Waals surface area contributed by atoms with E-state index < -0.39 is 5.60 Å². The molecule has 0 bridgehead atoms. The van der Waals surface area contributed by atoms with Gasteiger partial charge in [0.15, 0.2) is 0 Å². The minimum atomic E-state index is -0.854. The number of aliphatic hydroxyl groups is 1. The van der Waals surface area contributed by atoms with Crippen LogP contribution >= 0.6 is 0 Å². The van der Waals surface area contributed by atoms with Crippen molar-refractivity contribution >= 4 is 0 Å². The number of fused-ring (bicyclic) bond motifs is 5. The second-order valence-electron chi connectivity index (χ2n) is 9.07. The third-order valence-electron chi connectivity index (χ3n) is 8.60. The molecule has 3 saturated carbocycles. The number of terminal acetylenes is 1. The fourth-order valence-corrected chi connectivity index (χ4v) is 7.09. The molecule has 0 radical (unpaired) electrons. The minimum absolute atomic E-state index is 0.0450. The Balaban J connectivity index is 1.68. The van der Waals surface area contributed by atoms with Crippen LogP contribution in [0.1, 0.15) is 65.2 Å². The van der Waals surface area contributed by atoms with Crippen molar-refractivity contribution in [2.24, 2.45) is 34.5 Å². The van der Waals surface area contributed by atoms with E-state index in [2.05, 4.69) is 31.9 Å². The lowest BCUT2D eigenvalue weighted by atomic mass is 9.45. The molecule has 0 amide bonds. The summed E-state index contributed by atoms with van der Waals surface area (Å²) in [6.45, 7) is 4.85. The van der Waals surface area contributed by atoms with Crippen LogP contribution in [0.15, 0.2) is 12.2 Å². The van der Waals surface area contributed by atoms with Crippen LogP contribution in [-0.2, 0) is 0 Å². The highest BCUT2D eigenvalue weighted by Crippen LogP contribution is 2.67. The maximum absolute atomic E-state index is 11.0. The molecule has 0 aromatic heterocycles. The van der Waals surface area contributed by atoms with E-state index in [0.29, 0.717) is 11.3 Å². The molecule has 7 atom stereocenters. The van der Waals surface area contributed by atoms with Crippen molar-refractivity contribution in [2.45, 2.75) is 70.8 Å². The van der Waals surface area contributed by atoms with Crippen molar-refractivity contribution < 1.29 is 5.11 Å². The molecule has 4 rings (SSSR count). The van der Waals surface area contributed by atoms with Crippen molar-refractivity contribution in [2.75, 3.05) is 0 Å². The Bertz CT molecular complexity index is 543. The normalized spacial score (nSPS) is 56.6. The lowest BCUT2D eigenvalue weighted by Gasteiger charge is -2.60. The Morgan fingerprint density at radius 2 is 1.82 bits per heavy atom. The molecule has 0 saturated heterocycles. The van der Waals surface area contributed by atoms with Crippen molar-refractivity contribution in [3.63, 3.8) is 0 Å². The Labute approximate surface area is 135 Å². The second kappa shape index (κ2) is 4.64. The summed E-state index contributed by atoms with van der Waals surface area (Å²) in [5.41, 5.74) is -0.403. The number of allylic oxidation sites excluding steroid dienone is 2. The van der Waals surface area contributed by atoms with Gasteiger partial charge in [0.1, 0.15) is 5.60 Å². The third kappa shape index (κ3) is 1.66. The van der Waals surface area contributed by atoms with E-state index >= 15 is 0 Å². The molecular formula is C21H30O. The monoisotopic (exact) mass is 298 g/mol. The van der Waals surface area contributed by atoms with E-state index in [-0.39, 0.29) is 5.41 Å². The Kier molecular flexibility index (Phi) is 3.12. The molecule has 4 aliphatic rings. The number of rotatable bonds is 0. The van der Waals surface area contributed by atoms with Crippen LogP contribution in [-0.4, -0.2) is 10.7 Å². The summed E-state index contributed by atoms with van der Waals surface area (Å²) >= 11 is 0. The molecule has 0 aliphatic heterocycles. The van der Waals surface area contributed by atoms with E-state index in [1.165, 1.54) is 32.1 Å². The van der Waals surface area contributed by atoms with Crippen LogP contribution < -0.4 is 0 Å². The van der Waals surface area contributed by atoms with Crippen molar-refractivity contribution in [1.29, 1.82) is 0 Å². The Morgan fingerprint density at radius 1 is 1.05 bits per heavy atom. The van der Waals surface area contributed by atoms with Crippen LogP contribution in [0.3, 0.4) is 0 Å². The summed E-state index contributed by atoms with van der Waals surface area (Å²) in [5, 5.41) is 11.0. The quantitative estimate of drug-likeness (QED) is 0.513. The van der Waals surface area contributed by atoms with E-state index in [4.69, 9.17) is 6.42 Å². The van der Waals surface area contributed by atoms with Crippen molar-refractivity contribution in [3.8, 4) is 12.3 Å². The first kappa shape index (κ1) is 14.8. The van der Waals surface area contributed by atoms with Gasteiger partial charge in [0, 0.05) is 5.41 Å². The van der Waals surface area contributed by atoms with Gasteiger partial charge in [-0.1, -0.05) is 31.9 Å². The largest absolute Gasteiger partial charge is 0.377 e. The van der Waals surface area contributed by atoms with Gasteiger partial charge in [-0.2, -0.15) is 0 Å². The van der Waals surface area contributed by atoms with E-state index in [0.717, 1.165) is 37.0 Å². The maximum Gasteiger partial charge on any atom is 0.130 e. The number of hydrogen-bond donors (Lipinski definition) is 1. The smallest absolute Gasteiger partial charge is 0.130 e. The van der Waals surface area contributed by atoms with Crippen LogP contribution in [0.2, 0.25) is 0 Å². The molecule has 0 unspecified atom stereocenters. The zero-order valence-corrected chi connectivity index (χ0v) is 14.1. The molecule has 0 aromatic rings. The standard InChI is InChI=1S/C21H30O/c1-4-21(22)14-11-18-16-9-8-15-7-5-6-12-19(15,2)17(16)10-13-20(18,21)3/h1,5-6,15-18,22H,7-14H2,2-3H3/t15-,16-,17+,18+,19+,20+,21+/m1/s1. The minimum Gasteiger partial charge on any atom is -0.377 e. The predicted octanol–water partition coefficient (Wildman–Crippen LogP) is 4.56. The van der Waals surface area contributed by atoms with Gasteiger partial charge in [-0.05, 0) is 80.5 Å². The van der Waals surface area contributed by atoms with Crippen molar-refractivity contribution in [1.82, 2.24) is 0 Å². The third-order valence-corrected chi connectivity index (χ3v) is 8.60. The fraction of sp³-hybridized carbons (Fsp3) is 0.810. The first-order valence-corrected chi connectivity index (χ1v) is 9.30. The average molecular weight is 298 g/mol. The zero-order valence-electron chi connectivity index (χ0n) is 14.1. The first-order valence-electron chi connectivity index (χ1n) is 9.30. The van der Waals surface area contributed by atoms with Gasteiger partial charge < -0.3 is 5.11 Å². The molecule has 4 aliphatic carbocycles. The summed E-state index contributed by atoms with van der Waals surface area (Å²) in [5.74, 6) is 5.93. The SMILES string of the molecule is C#C[C@]1(O)CC[C@H]2[C@@H]3CC[C@H]4CC=CC[C@]4(C)[C@H]3CC[C@@]21C. The van der Waals surface area contributed by atoms with E-state index in [1.54, 1.807) is 0 Å². The summed E-state index contributed by atoms with van der Waals surface area (Å²) < 4.78 is 0. The summed E-state index contributed by atoms with van der Waals surface area (Å²) in [6, 6.07) is 0. The molecule has 3 fully saturated rings. The van der Waals surface area contributed by atoms with Gasteiger partial charge in [0.25, 0.3) is 0 Å². The topological polar surface area (TPSA) is 20.2 Å². The second-order valence-corrected chi connectivity index (χ2v) is 9.07. The highest BCUT2D eigenvalue weighted by molar-refractivity contribution is 5.23.